The van der Waals surface area contributed by atoms with Crippen LogP contribution >= 0.6 is 0 Å². The maximum Gasteiger partial charge on any atom is 0.246 e. The molecule has 32 heavy (non-hydrogen) atoms. The van der Waals surface area contributed by atoms with Gasteiger partial charge in [0.2, 0.25) is 5.91 Å². The number of halogens is 1. The molecule has 0 spiro atoms. The van der Waals surface area contributed by atoms with Gasteiger partial charge < -0.3 is 10.1 Å². The van der Waals surface area contributed by atoms with Crippen LogP contribution < -0.4 is 5.32 Å². The zero-order valence-electron chi connectivity index (χ0n) is 17.8. The smallest absolute Gasteiger partial charge is 0.246 e. The minimum absolute atomic E-state index is 0.0127. The second-order valence-electron chi connectivity index (χ2n) is 7.61. The summed E-state index contributed by atoms with van der Waals surface area (Å²) >= 11 is 0. The lowest BCUT2D eigenvalue weighted by atomic mass is 10.2. The highest BCUT2D eigenvalue weighted by molar-refractivity contribution is 5.78. The molecule has 4 aromatic rings. The van der Waals surface area contributed by atoms with Gasteiger partial charge in [0.25, 0.3) is 0 Å². The number of benzene rings is 3. The van der Waals surface area contributed by atoms with Gasteiger partial charge in [0, 0.05) is 18.7 Å². The van der Waals surface area contributed by atoms with Crippen molar-refractivity contribution in [2.24, 2.45) is 0 Å². The molecule has 4 rings (SSSR count). The first-order valence-corrected chi connectivity index (χ1v) is 10.8. The van der Waals surface area contributed by atoms with Gasteiger partial charge >= 0.3 is 0 Å². The number of hydrogen-bond acceptors (Lipinski definition) is 3. The van der Waals surface area contributed by atoms with Crippen molar-refractivity contribution in [2.45, 2.75) is 25.9 Å². The van der Waals surface area contributed by atoms with Crippen molar-refractivity contribution in [3.63, 3.8) is 0 Å². The van der Waals surface area contributed by atoms with Gasteiger partial charge in [0.1, 0.15) is 18.2 Å². The fourth-order valence-corrected chi connectivity index (χ4v) is 3.64. The van der Waals surface area contributed by atoms with Crippen molar-refractivity contribution < 1.29 is 13.9 Å². The molecular weight excluding hydrogens is 405 g/mol. The molecular formula is C26H26FN3O2. The van der Waals surface area contributed by atoms with E-state index in [-0.39, 0.29) is 24.9 Å². The number of aromatic nitrogens is 2. The van der Waals surface area contributed by atoms with Gasteiger partial charge in [-0.3, -0.25) is 9.36 Å². The minimum atomic E-state index is -0.286. The fourth-order valence-electron chi connectivity index (χ4n) is 3.64. The second kappa shape index (κ2) is 10.7. The number of fused-ring (bicyclic) bond motifs is 1. The molecule has 0 aliphatic heterocycles. The van der Waals surface area contributed by atoms with E-state index >= 15 is 0 Å². The maximum atomic E-state index is 12.9. The summed E-state index contributed by atoms with van der Waals surface area (Å²) < 4.78 is 20.5. The molecule has 0 fully saturated rings. The number of unbranched alkanes of at least 4 members (excludes halogenated alkanes) is 1. The second-order valence-corrected chi connectivity index (χ2v) is 7.61. The van der Waals surface area contributed by atoms with Crippen LogP contribution in [0, 0.1) is 5.82 Å². The highest BCUT2D eigenvalue weighted by Gasteiger charge is 2.11. The predicted octanol–water partition coefficient (Wildman–Crippen LogP) is 4.82. The van der Waals surface area contributed by atoms with E-state index in [2.05, 4.69) is 28.1 Å². The molecule has 1 heterocycles. The average Bonchev–Trinajstić information content (AvgIpc) is 3.19. The summed E-state index contributed by atoms with van der Waals surface area (Å²) in [6.45, 7) is 0.856. The number of carbonyl (C=O) groups excluding carboxylic acids is 1. The van der Waals surface area contributed by atoms with E-state index in [9.17, 15) is 9.18 Å². The first-order chi connectivity index (χ1) is 15.7. The first-order valence-electron chi connectivity index (χ1n) is 10.8. The third-order valence-electron chi connectivity index (χ3n) is 5.21. The van der Waals surface area contributed by atoms with Gasteiger partial charge in [0.05, 0.1) is 17.6 Å². The Hall–Kier alpha value is -3.51. The molecule has 5 nitrogen and oxygen atoms in total. The summed E-state index contributed by atoms with van der Waals surface area (Å²) in [7, 11) is 0. The van der Waals surface area contributed by atoms with Crippen LogP contribution in [0.1, 0.15) is 24.2 Å². The van der Waals surface area contributed by atoms with Crippen LogP contribution in [-0.2, 0) is 22.6 Å². The molecule has 0 saturated heterocycles. The molecule has 0 unspecified atom stereocenters. The Kier molecular flexibility index (Phi) is 7.25. The number of hydrogen-bond donors (Lipinski definition) is 1. The lowest BCUT2D eigenvalue weighted by molar-refractivity contribution is -0.126. The fraction of sp³-hybridized carbons (Fsp3) is 0.231. The molecule has 164 valence electrons. The van der Waals surface area contributed by atoms with Crippen LogP contribution in [-0.4, -0.2) is 28.6 Å². The molecule has 3 aromatic carbocycles. The largest absolute Gasteiger partial charge is 0.367 e. The Bertz CT molecular complexity index is 1160. The highest BCUT2D eigenvalue weighted by Crippen LogP contribution is 2.22. The van der Waals surface area contributed by atoms with Crippen molar-refractivity contribution in [3.8, 4) is 5.69 Å². The van der Waals surface area contributed by atoms with E-state index in [1.165, 1.54) is 12.1 Å². The van der Waals surface area contributed by atoms with Crippen LogP contribution in [0.3, 0.4) is 0 Å². The number of aryl methyl sites for hydroxylation is 1. The Morgan fingerprint density at radius 1 is 0.938 bits per heavy atom. The molecule has 1 aromatic heterocycles. The number of rotatable bonds is 10. The standard InChI is InChI=1S/C26H26FN3O2/c27-21-15-13-20(14-16-21)18-32-19-26(31)28-17-7-6-12-25-29-23-10-4-5-11-24(23)30(25)22-8-2-1-3-9-22/h1-5,8-11,13-16H,6-7,12,17-19H2,(H,28,31). The van der Waals surface area contributed by atoms with Gasteiger partial charge in [-0.2, -0.15) is 0 Å². The Morgan fingerprint density at radius 3 is 2.50 bits per heavy atom. The summed E-state index contributed by atoms with van der Waals surface area (Å²) in [5.41, 5.74) is 4.02. The third kappa shape index (κ3) is 5.59. The summed E-state index contributed by atoms with van der Waals surface area (Å²) in [6, 6.07) is 24.4. The lowest BCUT2D eigenvalue weighted by Gasteiger charge is -2.10. The molecule has 1 N–H and O–H groups in total. The molecule has 0 radical (unpaired) electrons. The van der Waals surface area contributed by atoms with E-state index in [4.69, 9.17) is 9.72 Å². The summed E-state index contributed by atoms with van der Waals surface area (Å²) in [4.78, 5) is 16.8. The number of nitrogens with one attached hydrogen (secondary N) is 1. The minimum Gasteiger partial charge on any atom is -0.367 e. The number of carbonyl (C=O) groups is 1. The molecule has 0 aliphatic rings. The van der Waals surface area contributed by atoms with E-state index < -0.39 is 0 Å². The topological polar surface area (TPSA) is 56.1 Å². The number of amides is 1. The predicted molar refractivity (Wildman–Crippen MR) is 123 cm³/mol. The number of imidazole rings is 1. The monoisotopic (exact) mass is 431 g/mol. The molecule has 1 amide bonds. The zero-order chi connectivity index (χ0) is 22.2. The summed E-state index contributed by atoms with van der Waals surface area (Å²) in [6.07, 6.45) is 2.58. The van der Waals surface area contributed by atoms with Crippen molar-refractivity contribution in [2.75, 3.05) is 13.2 Å². The van der Waals surface area contributed by atoms with Crippen molar-refractivity contribution >= 4 is 16.9 Å². The van der Waals surface area contributed by atoms with Crippen LogP contribution in [0.2, 0.25) is 0 Å². The number of ether oxygens (including phenoxy) is 1. The van der Waals surface area contributed by atoms with Gasteiger partial charge in [-0.05, 0) is 54.8 Å². The summed E-state index contributed by atoms with van der Waals surface area (Å²) in [5, 5.41) is 2.89. The van der Waals surface area contributed by atoms with Gasteiger partial charge in [-0.15, -0.1) is 0 Å². The van der Waals surface area contributed by atoms with E-state index in [1.807, 2.05) is 36.4 Å². The highest BCUT2D eigenvalue weighted by atomic mass is 19.1. The molecule has 0 saturated carbocycles. The maximum absolute atomic E-state index is 12.9. The van der Waals surface area contributed by atoms with Gasteiger partial charge in [-0.1, -0.05) is 42.5 Å². The Balaban J connectivity index is 1.23. The first kappa shape index (κ1) is 21.7. The number of para-hydroxylation sites is 3. The molecule has 0 atom stereocenters. The number of nitrogens with zero attached hydrogens (tertiary/aromatic N) is 2. The Morgan fingerprint density at radius 2 is 1.69 bits per heavy atom. The summed E-state index contributed by atoms with van der Waals surface area (Å²) in [5.74, 6) is 0.584. The van der Waals surface area contributed by atoms with Crippen LogP contribution in [0.15, 0.2) is 78.9 Å². The van der Waals surface area contributed by atoms with Gasteiger partial charge in [0.15, 0.2) is 0 Å². The zero-order valence-corrected chi connectivity index (χ0v) is 17.8. The SMILES string of the molecule is O=C(COCc1ccc(F)cc1)NCCCCc1nc2ccccc2n1-c1ccccc1. The van der Waals surface area contributed by atoms with E-state index in [0.717, 1.165) is 47.4 Å². The van der Waals surface area contributed by atoms with Crippen molar-refractivity contribution in [1.82, 2.24) is 14.9 Å². The lowest BCUT2D eigenvalue weighted by Crippen LogP contribution is -2.28. The van der Waals surface area contributed by atoms with Crippen LogP contribution in [0.4, 0.5) is 4.39 Å². The molecule has 0 bridgehead atoms. The molecule has 0 aliphatic carbocycles. The van der Waals surface area contributed by atoms with Gasteiger partial charge in [-0.25, -0.2) is 9.37 Å². The Labute approximate surface area is 186 Å². The van der Waals surface area contributed by atoms with Crippen LogP contribution in [0.25, 0.3) is 16.7 Å². The third-order valence-corrected chi connectivity index (χ3v) is 5.21. The van der Waals surface area contributed by atoms with E-state index in [1.54, 1.807) is 12.1 Å². The van der Waals surface area contributed by atoms with E-state index in [0.29, 0.717) is 6.54 Å². The van der Waals surface area contributed by atoms with Crippen LogP contribution in [0.5, 0.6) is 0 Å². The molecule has 6 heteroatoms. The van der Waals surface area contributed by atoms with Crippen molar-refractivity contribution in [3.05, 3.63) is 96.1 Å². The average molecular weight is 432 g/mol. The van der Waals surface area contributed by atoms with Crippen molar-refractivity contribution in [1.29, 1.82) is 0 Å². The quantitative estimate of drug-likeness (QED) is 0.366. The normalized spacial score (nSPS) is 11.0.